The SMILES string of the molecule is O=C(C1COc2ccccc2O1)N1CCN(S(=O)(=O)c2ccc(F)cc2)CC1. The molecule has 4 rings (SSSR count). The van der Waals surface area contributed by atoms with E-state index in [0.29, 0.717) is 11.5 Å². The predicted molar refractivity (Wildman–Crippen MR) is 98.1 cm³/mol. The maximum Gasteiger partial charge on any atom is 0.267 e. The summed E-state index contributed by atoms with van der Waals surface area (Å²) >= 11 is 0. The Morgan fingerprint density at radius 3 is 2.29 bits per heavy atom. The summed E-state index contributed by atoms with van der Waals surface area (Å²) in [6.45, 7) is 0.941. The lowest BCUT2D eigenvalue weighted by Gasteiger charge is -2.36. The van der Waals surface area contributed by atoms with Crippen molar-refractivity contribution in [3.8, 4) is 11.5 Å². The molecule has 1 fully saturated rings. The van der Waals surface area contributed by atoms with Gasteiger partial charge in [-0.3, -0.25) is 4.79 Å². The van der Waals surface area contributed by atoms with Gasteiger partial charge in [-0.2, -0.15) is 4.31 Å². The number of fused-ring (bicyclic) bond motifs is 1. The third kappa shape index (κ3) is 3.55. The van der Waals surface area contributed by atoms with Crippen molar-refractivity contribution < 1.29 is 27.1 Å². The lowest BCUT2D eigenvalue weighted by Crippen LogP contribution is -2.55. The first-order chi connectivity index (χ1) is 13.4. The van der Waals surface area contributed by atoms with Gasteiger partial charge in [0.25, 0.3) is 5.91 Å². The number of amides is 1. The van der Waals surface area contributed by atoms with Crippen LogP contribution in [0.2, 0.25) is 0 Å². The highest BCUT2D eigenvalue weighted by Gasteiger charge is 2.35. The molecular weight excluding hydrogens is 387 g/mol. The number of carbonyl (C=O) groups is 1. The second kappa shape index (κ2) is 7.40. The molecule has 1 saturated heterocycles. The number of ether oxygens (including phenoxy) is 2. The Hall–Kier alpha value is -2.65. The zero-order valence-electron chi connectivity index (χ0n) is 15.0. The minimum absolute atomic E-state index is 0.0364. The Morgan fingerprint density at radius 2 is 1.61 bits per heavy atom. The summed E-state index contributed by atoms with van der Waals surface area (Å²) in [5.41, 5.74) is 0. The summed E-state index contributed by atoms with van der Waals surface area (Å²) in [5, 5.41) is 0. The summed E-state index contributed by atoms with van der Waals surface area (Å²) < 4.78 is 51.0. The zero-order valence-corrected chi connectivity index (χ0v) is 15.8. The molecule has 0 N–H and O–H groups in total. The van der Waals surface area contributed by atoms with Crippen LogP contribution in [0.4, 0.5) is 4.39 Å². The van der Waals surface area contributed by atoms with Gasteiger partial charge in [-0.05, 0) is 36.4 Å². The molecule has 2 heterocycles. The van der Waals surface area contributed by atoms with E-state index in [1.165, 1.54) is 16.4 Å². The lowest BCUT2D eigenvalue weighted by atomic mass is 10.2. The van der Waals surface area contributed by atoms with Gasteiger partial charge in [0.15, 0.2) is 11.5 Å². The van der Waals surface area contributed by atoms with Gasteiger partial charge in [-0.1, -0.05) is 12.1 Å². The standard InChI is InChI=1S/C19H19FN2O5S/c20-14-5-7-15(8-6-14)28(24,25)22-11-9-21(10-12-22)19(23)18-13-26-16-3-1-2-4-17(16)27-18/h1-8,18H,9-13H2. The van der Waals surface area contributed by atoms with Gasteiger partial charge in [0.1, 0.15) is 12.4 Å². The van der Waals surface area contributed by atoms with Crippen LogP contribution in [0.15, 0.2) is 53.4 Å². The van der Waals surface area contributed by atoms with E-state index in [4.69, 9.17) is 9.47 Å². The fourth-order valence-corrected chi connectivity index (χ4v) is 4.67. The predicted octanol–water partition coefficient (Wildman–Crippen LogP) is 1.50. The Balaban J connectivity index is 1.39. The molecule has 28 heavy (non-hydrogen) atoms. The zero-order chi connectivity index (χ0) is 19.7. The van der Waals surface area contributed by atoms with Gasteiger partial charge in [0.05, 0.1) is 4.90 Å². The molecule has 148 valence electrons. The second-order valence-electron chi connectivity index (χ2n) is 6.55. The summed E-state index contributed by atoms with van der Waals surface area (Å²) in [5.74, 6) is 0.394. The van der Waals surface area contributed by atoms with Crippen LogP contribution in [0.25, 0.3) is 0 Å². The number of nitrogens with zero attached hydrogens (tertiary/aromatic N) is 2. The Bertz CT molecular complexity index is 972. The first-order valence-electron chi connectivity index (χ1n) is 8.88. The number of hydrogen-bond donors (Lipinski definition) is 0. The molecule has 2 aromatic carbocycles. The van der Waals surface area contributed by atoms with Crippen LogP contribution in [0.3, 0.4) is 0 Å². The molecule has 0 aliphatic carbocycles. The minimum atomic E-state index is -3.72. The van der Waals surface area contributed by atoms with E-state index in [1.807, 2.05) is 6.07 Å². The van der Waals surface area contributed by atoms with E-state index >= 15 is 0 Å². The number of rotatable bonds is 3. The van der Waals surface area contributed by atoms with E-state index < -0.39 is 21.9 Å². The van der Waals surface area contributed by atoms with E-state index in [-0.39, 0.29) is 43.6 Å². The van der Waals surface area contributed by atoms with E-state index in [1.54, 1.807) is 23.1 Å². The van der Waals surface area contributed by atoms with Crippen molar-refractivity contribution in [3.63, 3.8) is 0 Å². The number of sulfonamides is 1. The quantitative estimate of drug-likeness (QED) is 0.772. The maximum absolute atomic E-state index is 13.1. The summed E-state index contributed by atoms with van der Waals surface area (Å²) in [6.07, 6.45) is -0.754. The van der Waals surface area contributed by atoms with Crippen LogP contribution in [-0.4, -0.2) is 62.4 Å². The molecule has 1 unspecified atom stereocenters. The topological polar surface area (TPSA) is 76.2 Å². The fraction of sp³-hybridized carbons (Fsp3) is 0.316. The number of piperazine rings is 1. The lowest BCUT2D eigenvalue weighted by molar-refractivity contribution is -0.142. The van der Waals surface area contributed by atoms with Crippen molar-refractivity contribution in [1.82, 2.24) is 9.21 Å². The van der Waals surface area contributed by atoms with E-state index in [2.05, 4.69) is 0 Å². The Morgan fingerprint density at radius 1 is 0.964 bits per heavy atom. The smallest absolute Gasteiger partial charge is 0.267 e. The number of carbonyl (C=O) groups excluding carboxylic acids is 1. The molecular formula is C19H19FN2O5S. The molecule has 1 amide bonds. The number of benzene rings is 2. The monoisotopic (exact) mass is 406 g/mol. The van der Waals surface area contributed by atoms with Crippen LogP contribution in [0.5, 0.6) is 11.5 Å². The first-order valence-corrected chi connectivity index (χ1v) is 10.3. The Kier molecular flexibility index (Phi) is 4.94. The average molecular weight is 406 g/mol. The van der Waals surface area contributed by atoms with Crippen LogP contribution < -0.4 is 9.47 Å². The molecule has 0 spiro atoms. The summed E-state index contributed by atoms with van der Waals surface area (Å²) in [4.78, 5) is 14.4. The number of hydrogen-bond acceptors (Lipinski definition) is 5. The highest BCUT2D eigenvalue weighted by molar-refractivity contribution is 7.89. The van der Waals surface area contributed by atoms with Gasteiger partial charge in [0, 0.05) is 26.2 Å². The maximum atomic E-state index is 13.1. The molecule has 0 bridgehead atoms. The number of para-hydroxylation sites is 2. The van der Waals surface area contributed by atoms with Crippen molar-refractivity contribution in [2.45, 2.75) is 11.0 Å². The van der Waals surface area contributed by atoms with Gasteiger partial charge in [-0.15, -0.1) is 0 Å². The molecule has 0 saturated carbocycles. The first kappa shape index (κ1) is 18.7. The van der Waals surface area contributed by atoms with E-state index in [0.717, 1.165) is 12.1 Å². The molecule has 2 aliphatic rings. The second-order valence-corrected chi connectivity index (χ2v) is 8.49. The molecule has 0 radical (unpaired) electrons. The highest BCUT2D eigenvalue weighted by Crippen LogP contribution is 2.31. The van der Waals surface area contributed by atoms with Crippen molar-refractivity contribution >= 4 is 15.9 Å². The third-order valence-corrected chi connectivity index (χ3v) is 6.70. The van der Waals surface area contributed by atoms with Crippen molar-refractivity contribution in [1.29, 1.82) is 0 Å². The molecule has 1 atom stereocenters. The molecule has 9 heteroatoms. The normalized spacial score (nSPS) is 20.0. The Labute approximate surface area is 162 Å². The average Bonchev–Trinajstić information content (AvgIpc) is 2.73. The fourth-order valence-electron chi connectivity index (χ4n) is 3.25. The van der Waals surface area contributed by atoms with Crippen molar-refractivity contribution in [3.05, 3.63) is 54.3 Å². The van der Waals surface area contributed by atoms with Gasteiger partial charge in [-0.25, -0.2) is 12.8 Å². The summed E-state index contributed by atoms with van der Waals surface area (Å²) in [7, 11) is -3.72. The van der Waals surface area contributed by atoms with E-state index in [9.17, 15) is 17.6 Å². The number of halogens is 1. The van der Waals surface area contributed by atoms with Crippen molar-refractivity contribution in [2.24, 2.45) is 0 Å². The van der Waals surface area contributed by atoms with Crippen LogP contribution in [0, 0.1) is 5.82 Å². The molecule has 2 aliphatic heterocycles. The van der Waals surface area contributed by atoms with Crippen molar-refractivity contribution in [2.75, 3.05) is 32.8 Å². The minimum Gasteiger partial charge on any atom is -0.485 e. The largest absolute Gasteiger partial charge is 0.485 e. The molecule has 0 aromatic heterocycles. The van der Waals surface area contributed by atoms with Crippen LogP contribution in [-0.2, 0) is 14.8 Å². The van der Waals surface area contributed by atoms with Crippen LogP contribution in [0.1, 0.15) is 0 Å². The van der Waals surface area contributed by atoms with Gasteiger partial charge in [0.2, 0.25) is 16.1 Å². The highest BCUT2D eigenvalue weighted by atomic mass is 32.2. The van der Waals surface area contributed by atoms with Crippen LogP contribution >= 0.6 is 0 Å². The van der Waals surface area contributed by atoms with Gasteiger partial charge < -0.3 is 14.4 Å². The van der Waals surface area contributed by atoms with Gasteiger partial charge >= 0.3 is 0 Å². The third-order valence-electron chi connectivity index (χ3n) is 4.79. The molecule has 2 aromatic rings. The molecule has 7 nitrogen and oxygen atoms in total. The summed E-state index contributed by atoms with van der Waals surface area (Å²) in [6, 6.07) is 11.9.